The number of hydrogen-bond donors (Lipinski definition) is 0. The van der Waals surface area contributed by atoms with E-state index in [0.717, 1.165) is 54.1 Å². The Morgan fingerprint density at radius 1 is 1.18 bits per heavy atom. The minimum Gasteiger partial charge on any atom is -0.493 e. The molecular formula is C22H26N4O2. The molecule has 1 amide bonds. The molecule has 0 spiro atoms. The normalized spacial score (nSPS) is 15.2. The number of fused-ring (bicyclic) bond motifs is 1. The smallest absolute Gasteiger partial charge is 0.254 e. The molecule has 0 bridgehead atoms. The molecule has 0 atom stereocenters. The summed E-state index contributed by atoms with van der Waals surface area (Å²) in [5, 5.41) is 5.32. The lowest BCUT2D eigenvalue weighted by molar-refractivity contribution is 0.0663. The lowest BCUT2D eigenvalue weighted by atomic mass is 9.97. The number of likely N-dealkylation sites (tertiary alicyclic amines) is 1. The molecule has 0 unspecified atom stereocenters. The highest BCUT2D eigenvalue weighted by atomic mass is 16.5. The van der Waals surface area contributed by atoms with Crippen molar-refractivity contribution in [3.05, 3.63) is 53.3 Å². The molecular weight excluding hydrogens is 352 g/mol. The van der Waals surface area contributed by atoms with Crippen LogP contribution in [0.4, 0.5) is 0 Å². The van der Waals surface area contributed by atoms with Crippen LogP contribution < -0.4 is 4.74 Å². The standard InChI is InChI=1S/C22H26N4O2/c1-15-13-19(20-16(2)24-25(3)21(20)23-15)22(27)26-11-9-17(10-12-26)14-28-18-7-5-4-6-8-18/h4-8,13,17H,9-12,14H2,1-3H3. The number of nitrogens with zero attached hydrogens (tertiary/aromatic N) is 4. The molecule has 1 aliphatic rings. The Balaban J connectivity index is 1.44. The van der Waals surface area contributed by atoms with Crippen molar-refractivity contribution >= 4 is 16.9 Å². The molecule has 28 heavy (non-hydrogen) atoms. The first kappa shape index (κ1) is 18.5. The second-order valence-electron chi connectivity index (χ2n) is 7.58. The van der Waals surface area contributed by atoms with Crippen LogP contribution in [0.3, 0.4) is 0 Å². The van der Waals surface area contributed by atoms with Gasteiger partial charge >= 0.3 is 0 Å². The molecule has 146 valence electrons. The number of para-hydroxylation sites is 1. The summed E-state index contributed by atoms with van der Waals surface area (Å²) in [5.74, 6) is 1.46. The van der Waals surface area contributed by atoms with E-state index in [1.165, 1.54) is 0 Å². The number of amides is 1. The van der Waals surface area contributed by atoms with E-state index in [-0.39, 0.29) is 5.91 Å². The molecule has 6 nitrogen and oxygen atoms in total. The zero-order chi connectivity index (χ0) is 19.7. The molecule has 2 aromatic heterocycles. The zero-order valence-corrected chi connectivity index (χ0v) is 16.7. The summed E-state index contributed by atoms with van der Waals surface area (Å²) in [6, 6.07) is 11.8. The van der Waals surface area contributed by atoms with Gasteiger partial charge < -0.3 is 9.64 Å². The predicted molar refractivity (Wildman–Crippen MR) is 109 cm³/mol. The number of hydrogen-bond acceptors (Lipinski definition) is 4. The minimum atomic E-state index is 0.0778. The van der Waals surface area contributed by atoms with E-state index in [9.17, 15) is 4.79 Å². The highest BCUT2D eigenvalue weighted by molar-refractivity contribution is 6.06. The molecule has 3 heterocycles. The first-order valence-electron chi connectivity index (χ1n) is 9.81. The summed E-state index contributed by atoms with van der Waals surface area (Å²) < 4.78 is 7.65. The van der Waals surface area contributed by atoms with Crippen molar-refractivity contribution in [1.29, 1.82) is 0 Å². The van der Waals surface area contributed by atoms with Crippen LogP contribution in [0.2, 0.25) is 0 Å². The average Bonchev–Trinajstić information content (AvgIpc) is 3.00. The molecule has 3 aromatic rings. The fourth-order valence-corrected chi connectivity index (χ4v) is 3.94. The van der Waals surface area contributed by atoms with Crippen LogP contribution in [0.1, 0.15) is 34.6 Å². The average molecular weight is 378 g/mol. The van der Waals surface area contributed by atoms with Crippen LogP contribution in [-0.4, -0.2) is 45.3 Å². The number of piperidine rings is 1. The van der Waals surface area contributed by atoms with Gasteiger partial charge in [-0.3, -0.25) is 9.48 Å². The molecule has 0 saturated carbocycles. The van der Waals surface area contributed by atoms with E-state index in [0.29, 0.717) is 18.1 Å². The quantitative estimate of drug-likeness (QED) is 0.697. The van der Waals surface area contributed by atoms with Crippen molar-refractivity contribution in [2.45, 2.75) is 26.7 Å². The van der Waals surface area contributed by atoms with Crippen molar-refractivity contribution in [1.82, 2.24) is 19.7 Å². The predicted octanol–water partition coefficient (Wildman–Crippen LogP) is 3.52. The zero-order valence-electron chi connectivity index (χ0n) is 16.7. The van der Waals surface area contributed by atoms with E-state index in [1.54, 1.807) is 4.68 Å². The van der Waals surface area contributed by atoms with Crippen molar-refractivity contribution in [2.24, 2.45) is 13.0 Å². The molecule has 1 aromatic carbocycles. The number of aryl methyl sites for hydroxylation is 3. The van der Waals surface area contributed by atoms with Gasteiger partial charge in [0.05, 0.1) is 23.3 Å². The van der Waals surface area contributed by atoms with Gasteiger partial charge in [0.25, 0.3) is 5.91 Å². The maximum atomic E-state index is 13.2. The maximum absolute atomic E-state index is 13.2. The number of carbonyl (C=O) groups excluding carboxylic acids is 1. The number of aromatic nitrogens is 3. The molecule has 0 radical (unpaired) electrons. The highest BCUT2D eigenvalue weighted by Crippen LogP contribution is 2.26. The van der Waals surface area contributed by atoms with Gasteiger partial charge in [-0.25, -0.2) is 4.98 Å². The van der Waals surface area contributed by atoms with E-state index in [4.69, 9.17) is 4.74 Å². The van der Waals surface area contributed by atoms with Crippen molar-refractivity contribution in [2.75, 3.05) is 19.7 Å². The van der Waals surface area contributed by atoms with Gasteiger partial charge in [0.15, 0.2) is 5.65 Å². The Kier molecular flexibility index (Phi) is 5.03. The number of carbonyl (C=O) groups is 1. The van der Waals surface area contributed by atoms with Crippen LogP contribution in [0.25, 0.3) is 11.0 Å². The summed E-state index contributed by atoms with van der Waals surface area (Å²) in [5.41, 5.74) is 3.17. The number of rotatable bonds is 4. The number of ether oxygens (including phenoxy) is 1. The van der Waals surface area contributed by atoms with Crippen LogP contribution in [-0.2, 0) is 7.05 Å². The van der Waals surface area contributed by atoms with Gasteiger partial charge in [0, 0.05) is 25.8 Å². The first-order chi connectivity index (χ1) is 13.5. The summed E-state index contributed by atoms with van der Waals surface area (Å²) in [7, 11) is 1.87. The maximum Gasteiger partial charge on any atom is 0.254 e. The Labute approximate surface area is 165 Å². The SMILES string of the molecule is Cc1cc(C(=O)N2CCC(COc3ccccc3)CC2)c2c(C)nn(C)c2n1. The Bertz CT molecular complexity index is 989. The monoisotopic (exact) mass is 378 g/mol. The summed E-state index contributed by atoms with van der Waals surface area (Å²) in [6.07, 6.45) is 1.91. The lowest BCUT2D eigenvalue weighted by Gasteiger charge is -2.32. The topological polar surface area (TPSA) is 60.3 Å². The summed E-state index contributed by atoms with van der Waals surface area (Å²) >= 11 is 0. The minimum absolute atomic E-state index is 0.0778. The Morgan fingerprint density at radius 3 is 2.61 bits per heavy atom. The fraction of sp³-hybridized carbons (Fsp3) is 0.409. The van der Waals surface area contributed by atoms with Gasteiger partial charge in [0.1, 0.15) is 5.75 Å². The van der Waals surface area contributed by atoms with Crippen LogP contribution >= 0.6 is 0 Å². The van der Waals surface area contributed by atoms with Crippen LogP contribution in [0.15, 0.2) is 36.4 Å². The van der Waals surface area contributed by atoms with Crippen LogP contribution in [0.5, 0.6) is 5.75 Å². The molecule has 0 N–H and O–H groups in total. The van der Waals surface area contributed by atoms with E-state index in [1.807, 2.05) is 62.2 Å². The largest absolute Gasteiger partial charge is 0.493 e. The first-order valence-corrected chi connectivity index (χ1v) is 9.81. The van der Waals surface area contributed by atoms with E-state index >= 15 is 0 Å². The molecule has 0 aliphatic carbocycles. The van der Waals surface area contributed by atoms with E-state index < -0.39 is 0 Å². The third-order valence-corrected chi connectivity index (χ3v) is 5.46. The summed E-state index contributed by atoms with van der Waals surface area (Å²) in [6.45, 7) is 6.06. The molecule has 6 heteroatoms. The number of pyridine rings is 1. The Hall–Kier alpha value is -2.89. The van der Waals surface area contributed by atoms with Crippen molar-refractivity contribution in [3.8, 4) is 5.75 Å². The Morgan fingerprint density at radius 2 is 1.89 bits per heavy atom. The molecule has 1 aliphatic heterocycles. The van der Waals surface area contributed by atoms with Crippen LogP contribution in [0, 0.1) is 19.8 Å². The third kappa shape index (κ3) is 3.59. The second kappa shape index (κ2) is 7.62. The lowest BCUT2D eigenvalue weighted by Crippen LogP contribution is -2.39. The van der Waals surface area contributed by atoms with Gasteiger partial charge in [-0.2, -0.15) is 5.10 Å². The number of benzene rings is 1. The van der Waals surface area contributed by atoms with Gasteiger partial charge in [0.2, 0.25) is 0 Å². The van der Waals surface area contributed by atoms with Gasteiger partial charge in [-0.05, 0) is 50.8 Å². The molecule has 4 rings (SSSR count). The third-order valence-electron chi connectivity index (χ3n) is 5.46. The molecule has 1 saturated heterocycles. The second-order valence-corrected chi connectivity index (χ2v) is 7.58. The van der Waals surface area contributed by atoms with Crippen molar-refractivity contribution in [3.63, 3.8) is 0 Å². The molecule has 1 fully saturated rings. The highest BCUT2D eigenvalue weighted by Gasteiger charge is 2.27. The fourth-order valence-electron chi connectivity index (χ4n) is 3.94. The summed E-state index contributed by atoms with van der Waals surface area (Å²) in [4.78, 5) is 19.8. The van der Waals surface area contributed by atoms with E-state index in [2.05, 4.69) is 10.1 Å². The van der Waals surface area contributed by atoms with Gasteiger partial charge in [-0.15, -0.1) is 0 Å². The van der Waals surface area contributed by atoms with Crippen molar-refractivity contribution < 1.29 is 9.53 Å². The van der Waals surface area contributed by atoms with Gasteiger partial charge in [-0.1, -0.05) is 18.2 Å².